The number of nitrogens with one attached hydrogen (secondary N) is 1. The largest absolute Gasteiger partial charge is 0.461 e. The van der Waals surface area contributed by atoms with Crippen molar-refractivity contribution in [2.45, 2.75) is 57.7 Å². The molecule has 0 saturated carbocycles. The Bertz CT molecular complexity index is 487. The summed E-state index contributed by atoms with van der Waals surface area (Å²) in [5.74, 6) is -0.266. The van der Waals surface area contributed by atoms with E-state index in [4.69, 9.17) is 9.31 Å². The summed E-state index contributed by atoms with van der Waals surface area (Å²) >= 11 is 0. The summed E-state index contributed by atoms with van der Waals surface area (Å²) in [6.07, 6.45) is 4.04. The molecular weight excluding hydrogens is 271 g/mol. The van der Waals surface area contributed by atoms with Crippen LogP contribution in [0.4, 0.5) is 4.79 Å². The van der Waals surface area contributed by atoms with Gasteiger partial charge in [-0.15, -0.1) is 0 Å². The number of rotatable bonds is 3. The topological polar surface area (TPSA) is 67.9 Å². The zero-order chi connectivity index (χ0) is 16.1. The van der Waals surface area contributed by atoms with Crippen LogP contribution in [0.1, 0.15) is 34.6 Å². The highest BCUT2D eigenvalue weighted by Crippen LogP contribution is 2.37. The number of carbonyl (C=O) groups is 2. The van der Waals surface area contributed by atoms with Crippen LogP contribution in [0.2, 0.25) is 6.32 Å². The fraction of sp³-hybridized carbons (Fsp3) is 0.714. The van der Waals surface area contributed by atoms with Crippen molar-refractivity contribution < 1.29 is 18.9 Å². The van der Waals surface area contributed by atoms with Crippen molar-refractivity contribution in [1.29, 1.82) is 0 Å². The number of urea groups is 1. The smallest absolute Gasteiger partial charge is 0.403 e. The Balaban J connectivity index is 1.99. The van der Waals surface area contributed by atoms with Crippen molar-refractivity contribution in [1.82, 2.24) is 10.2 Å². The van der Waals surface area contributed by atoms with E-state index < -0.39 is 5.54 Å². The number of allylic oxidation sites excluding steroid dienone is 1. The average molecular weight is 294 g/mol. The molecule has 6 nitrogen and oxygen atoms in total. The second-order valence-corrected chi connectivity index (χ2v) is 6.82. The Morgan fingerprint density at radius 3 is 2.10 bits per heavy atom. The molecule has 0 aromatic heterocycles. The predicted molar refractivity (Wildman–Crippen MR) is 79.7 cm³/mol. The maximum absolute atomic E-state index is 12.0. The van der Waals surface area contributed by atoms with E-state index in [0.29, 0.717) is 6.32 Å². The fourth-order valence-electron chi connectivity index (χ4n) is 2.39. The first kappa shape index (κ1) is 16.0. The van der Waals surface area contributed by atoms with Gasteiger partial charge in [-0.25, -0.2) is 4.79 Å². The van der Waals surface area contributed by atoms with Gasteiger partial charge in [0.25, 0.3) is 5.91 Å². The molecule has 0 aliphatic carbocycles. The van der Waals surface area contributed by atoms with E-state index in [1.54, 1.807) is 13.0 Å². The minimum absolute atomic E-state index is 0.266. The van der Waals surface area contributed by atoms with E-state index >= 15 is 0 Å². The van der Waals surface area contributed by atoms with E-state index in [1.807, 2.05) is 33.8 Å². The molecule has 2 heterocycles. The minimum atomic E-state index is -0.991. The summed E-state index contributed by atoms with van der Waals surface area (Å²) in [5, 5.41) is 2.66. The third kappa shape index (κ3) is 2.72. The zero-order valence-electron chi connectivity index (χ0n) is 13.5. The molecule has 0 radical (unpaired) electrons. The molecule has 2 aliphatic rings. The van der Waals surface area contributed by atoms with Gasteiger partial charge >= 0.3 is 13.1 Å². The predicted octanol–water partition coefficient (Wildman–Crippen LogP) is 1.58. The van der Waals surface area contributed by atoms with Gasteiger partial charge in [0.15, 0.2) is 0 Å². The number of imide groups is 1. The molecule has 21 heavy (non-hydrogen) atoms. The van der Waals surface area contributed by atoms with Gasteiger partial charge in [-0.05, 0) is 34.6 Å². The molecule has 1 atom stereocenters. The summed E-state index contributed by atoms with van der Waals surface area (Å²) < 4.78 is 11.7. The van der Waals surface area contributed by atoms with Crippen molar-refractivity contribution in [2.75, 3.05) is 7.05 Å². The summed E-state index contributed by atoms with van der Waals surface area (Å²) in [6, 6.07) is -0.386. The molecule has 1 N–H and O–H groups in total. The van der Waals surface area contributed by atoms with Crippen molar-refractivity contribution in [3.63, 3.8) is 0 Å². The number of hydrogen-bond acceptors (Lipinski definition) is 4. The van der Waals surface area contributed by atoms with Crippen molar-refractivity contribution in [2.24, 2.45) is 0 Å². The van der Waals surface area contributed by atoms with Gasteiger partial charge in [0.05, 0.1) is 11.2 Å². The lowest BCUT2D eigenvalue weighted by Crippen LogP contribution is -2.41. The quantitative estimate of drug-likeness (QED) is 0.487. The maximum atomic E-state index is 12.0. The zero-order valence-corrected chi connectivity index (χ0v) is 13.5. The lowest BCUT2D eigenvalue weighted by molar-refractivity contribution is -0.128. The first-order chi connectivity index (χ1) is 9.48. The summed E-state index contributed by atoms with van der Waals surface area (Å²) in [4.78, 5) is 24.6. The molecule has 7 heteroatoms. The van der Waals surface area contributed by atoms with E-state index in [9.17, 15) is 9.59 Å². The van der Waals surface area contributed by atoms with Crippen molar-refractivity contribution >= 4 is 19.1 Å². The van der Waals surface area contributed by atoms with Crippen LogP contribution in [0.15, 0.2) is 12.2 Å². The third-order valence-electron chi connectivity index (χ3n) is 4.50. The van der Waals surface area contributed by atoms with Gasteiger partial charge < -0.3 is 14.6 Å². The molecule has 1 unspecified atom stereocenters. The number of likely N-dealkylation sites (N-methyl/N-ethyl adjacent to an activating group) is 1. The normalized spacial score (nSPS) is 31.3. The highest BCUT2D eigenvalue weighted by Gasteiger charge is 2.50. The molecule has 2 rings (SSSR count). The van der Waals surface area contributed by atoms with E-state index in [2.05, 4.69) is 5.32 Å². The summed E-state index contributed by atoms with van der Waals surface area (Å²) in [7, 11) is 1.12. The Labute approximate surface area is 126 Å². The molecule has 2 fully saturated rings. The Morgan fingerprint density at radius 1 is 1.14 bits per heavy atom. The lowest BCUT2D eigenvalue weighted by atomic mass is 9.84. The Kier molecular flexibility index (Phi) is 3.70. The summed E-state index contributed by atoms with van der Waals surface area (Å²) in [6.45, 7) is 9.65. The molecule has 2 aliphatic heterocycles. The molecular formula is C14H23BN2O4. The molecule has 0 aromatic carbocycles. The van der Waals surface area contributed by atoms with E-state index in [1.165, 1.54) is 7.05 Å². The van der Waals surface area contributed by atoms with Crippen LogP contribution < -0.4 is 5.32 Å². The van der Waals surface area contributed by atoms with Crippen LogP contribution in [0.3, 0.4) is 0 Å². The van der Waals surface area contributed by atoms with Crippen LogP contribution in [0, 0.1) is 0 Å². The van der Waals surface area contributed by atoms with Gasteiger partial charge in [-0.1, -0.05) is 12.2 Å². The highest BCUT2D eigenvalue weighted by atomic mass is 16.7. The SMILES string of the molecule is CN1C(=O)NC(C)(/C=C/CB2OC(C)(C)C(C)(C)O2)C1=O. The van der Waals surface area contributed by atoms with Crippen LogP contribution in [-0.2, 0) is 14.1 Å². The van der Waals surface area contributed by atoms with Gasteiger partial charge in [0.1, 0.15) is 5.54 Å². The van der Waals surface area contributed by atoms with Crippen LogP contribution in [0.25, 0.3) is 0 Å². The lowest BCUT2D eigenvalue weighted by Gasteiger charge is -2.32. The van der Waals surface area contributed by atoms with Gasteiger partial charge in [0.2, 0.25) is 0 Å². The number of amides is 3. The van der Waals surface area contributed by atoms with Gasteiger partial charge in [-0.2, -0.15) is 0 Å². The number of nitrogens with zero attached hydrogens (tertiary/aromatic N) is 1. The summed E-state index contributed by atoms with van der Waals surface area (Å²) in [5.41, 5.74) is -1.73. The third-order valence-corrected chi connectivity index (χ3v) is 4.50. The molecule has 3 amide bonds. The van der Waals surface area contributed by atoms with Crippen LogP contribution >= 0.6 is 0 Å². The number of hydrogen-bond donors (Lipinski definition) is 1. The standard InChI is InChI=1S/C14H23BN2O4/c1-12(2)13(3,4)21-15(20-12)9-7-8-14(5)10(18)17(6)11(19)16-14/h7-8H,9H2,1-6H3,(H,16,19)/b8-7+. The van der Waals surface area contributed by atoms with E-state index in [-0.39, 0.29) is 30.3 Å². The Hall–Kier alpha value is -1.34. The first-order valence-corrected chi connectivity index (χ1v) is 7.12. The van der Waals surface area contributed by atoms with Crippen molar-refractivity contribution in [3.05, 3.63) is 12.2 Å². The van der Waals surface area contributed by atoms with Crippen LogP contribution in [0.5, 0.6) is 0 Å². The van der Waals surface area contributed by atoms with E-state index in [0.717, 1.165) is 4.90 Å². The first-order valence-electron chi connectivity index (χ1n) is 7.12. The minimum Gasteiger partial charge on any atom is -0.403 e. The molecule has 0 spiro atoms. The number of carbonyl (C=O) groups excluding carboxylic acids is 2. The second kappa shape index (κ2) is 4.85. The average Bonchev–Trinajstić information content (AvgIpc) is 2.65. The van der Waals surface area contributed by atoms with Gasteiger partial charge in [0, 0.05) is 13.4 Å². The van der Waals surface area contributed by atoms with Crippen molar-refractivity contribution in [3.8, 4) is 0 Å². The second-order valence-electron chi connectivity index (χ2n) is 6.82. The fourth-order valence-corrected chi connectivity index (χ4v) is 2.39. The Morgan fingerprint density at radius 2 is 1.67 bits per heavy atom. The maximum Gasteiger partial charge on any atom is 0.461 e. The molecule has 0 aromatic rings. The molecule has 2 saturated heterocycles. The highest BCUT2D eigenvalue weighted by molar-refractivity contribution is 6.46. The molecule has 116 valence electrons. The monoisotopic (exact) mass is 294 g/mol. The van der Waals surface area contributed by atoms with Crippen LogP contribution in [-0.4, -0.2) is 47.7 Å². The van der Waals surface area contributed by atoms with Gasteiger partial charge in [-0.3, -0.25) is 9.69 Å². The molecule has 0 bridgehead atoms.